The van der Waals surface area contributed by atoms with Gasteiger partial charge in [-0.3, -0.25) is 19.8 Å². The van der Waals surface area contributed by atoms with E-state index in [1.165, 1.54) is 29.5 Å². The van der Waals surface area contributed by atoms with Crippen LogP contribution < -0.4 is 14.4 Å². The highest BCUT2D eigenvalue weighted by Crippen LogP contribution is 2.39. The minimum Gasteiger partial charge on any atom is -0.454 e. The van der Waals surface area contributed by atoms with E-state index in [-0.39, 0.29) is 18.4 Å². The average Bonchev–Trinajstić information content (AvgIpc) is 3.39. The van der Waals surface area contributed by atoms with E-state index < -0.39 is 4.92 Å². The Labute approximate surface area is 188 Å². The number of thiazole rings is 1. The van der Waals surface area contributed by atoms with Crippen LogP contribution in [-0.2, 0) is 4.79 Å². The zero-order chi connectivity index (χ0) is 22.7. The van der Waals surface area contributed by atoms with Gasteiger partial charge in [-0.2, -0.15) is 0 Å². The van der Waals surface area contributed by atoms with E-state index in [9.17, 15) is 14.9 Å². The molecular formula is C22H22N4O5S. The van der Waals surface area contributed by atoms with E-state index in [2.05, 4.69) is 9.88 Å². The molecule has 0 saturated carbocycles. The minimum atomic E-state index is -0.460. The molecule has 166 valence electrons. The molecule has 0 saturated heterocycles. The number of carbonyl (C=O) groups excluding carboxylic acids is 1. The summed E-state index contributed by atoms with van der Waals surface area (Å²) in [6.07, 6.45) is 3.77. The lowest BCUT2D eigenvalue weighted by atomic mass is 10.2. The normalized spacial score (nSPS) is 12.7. The summed E-state index contributed by atoms with van der Waals surface area (Å²) in [4.78, 5) is 32.0. The minimum absolute atomic E-state index is 0.0221. The Kier molecular flexibility index (Phi) is 6.33. The number of nitro benzene ring substituents is 1. The van der Waals surface area contributed by atoms with Gasteiger partial charge in [0, 0.05) is 36.9 Å². The van der Waals surface area contributed by atoms with Gasteiger partial charge in [-0.1, -0.05) is 23.5 Å². The van der Waals surface area contributed by atoms with Crippen LogP contribution in [0.15, 0.2) is 42.5 Å². The second-order valence-corrected chi connectivity index (χ2v) is 8.51. The number of aromatic nitrogens is 1. The van der Waals surface area contributed by atoms with Gasteiger partial charge in [0.05, 0.1) is 15.1 Å². The molecule has 0 spiro atoms. The number of anilines is 1. The summed E-state index contributed by atoms with van der Waals surface area (Å²) in [5, 5.41) is 11.6. The molecule has 4 rings (SSSR count). The van der Waals surface area contributed by atoms with Gasteiger partial charge in [0.2, 0.25) is 6.79 Å². The quantitative estimate of drug-likeness (QED) is 0.289. The van der Waals surface area contributed by atoms with Crippen LogP contribution in [0.2, 0.25) is 0 Å². The fourth-order valence-electron chi connectivity index (χ4n) is 3.27. The van der Waals surface area contributed by atoms with Crippen LogP contribution in [0.1, 0.15) is 12.0 Å². The third kappa shape index (κ3) is 4.87. The molecule has 9 nitrogen and oxygen atoms in total. The number of nitro groups is 1. The summed E-state index contributed by atoms with van der Waals surface area (Å²) in [5.41, 5.74) is 1.30. The van der Waals surface area contributed by atoms with Gasteiger partial charge < -0.3 is 14.4 Å². The monoisotopic (exact) mass is 454 g/mol. The van der Waals surface area contributed by atoms with Crippen molar-refractivity contribution in [1.29, 1.82) is 0 Å². The Balaban J connectivity index is 1.60. The van der Waals surface area contributed by atoms with Crippen molar-refractivity contribution in [3.63, 3.8) is 0 Å². The number of amides is 1. The first-order valence-corrected chi connectivity index (χ1v) is 10.8. The number of ether oxygens (including phenoxy) is 2. The summed E-state index contributed by atoms with van der Waals surface area (Å²) >= 11 is 1.41. The molecule has 0 radical (unpaired) electrons. The molecule has 1 aliphatic rings. The molecule has 1 aromatic heterocycles. The molecule has 0 bridgehead atoms. The molecule has 2 aromatic carbocycles. The summed E-state index contributed by atoms with van der Waals surface area (Å²) < 4.78 is 11.8. The second-order valence-electron chi connectivity index (χ2n) is 7.50. The van der Waals surface area contributed by atoms with Crippen molar-refractivity contribution >= 4 is 44.4 Å². The number of hydrogen-bond acceptors (Lipinski definition) is 8. The van der Waals surface area contributed by atoms with Crippen molar-refractivity contribution < 1.29 is 19.2 Å². The molecule has 0 N–H and O–H groups in total. The highest BCUT2D eigenvalue weighted by Gasteiger charge is 2.21. The smallest absolute Gasteiger partial charge is 0.270 e. The first-order valence-electron chi connectivity index (χ1n) is 9.99. The number of carbonyl (C=O) groups is 1. The highest BCUT2D eigenvalue weighted by molar-refractivity contribution is 7.22. The summed E-state index contributed by atoms with van der Waals surface area (Å²) in [5.74, 6) is 1.07. The summed E-state index contributed by atoms with van der Waals surface area (Å²) in [6, 6.07) is 9.84. The molecule has 0 aliphatic carbocycles. The third-order valence-corrected chi connectivity index (χ3v) is 5.90. The van der Waals surface area contributed by atoms with Crippen LogP contribution in [0.25, 0.3) is 16.3 Å². The van der Waals surface area contributed by atoms with Crippen molar-refractivity contribution in [2.45, 2.75) is 6.42 Å². The van der Waals surface area contributed by atoms with E-state index in [0.29, 0.717) is 28.7 Å². The SMILES string of the molecule is CN(C)CCCN(C(=O)C=Cc1cccc([N+](=O)[O-])c1)c1nc2cc3c(cc2s1)OCO3. The zero-order valence-electron chi connectivity index (χ0n) is 17.7. The number of non-ortho nitro benzene ring substituents is 1. The Morgan fingerprint density at radius 3 is 2.75 bits per heavy atom. The second kappa shape index (κ2) is 9.33. The van der Waals surface area contributed by atoms with Crippen molar-refractivity contribution in [1.82, 2.24) is 9.88 Å². The maximum absolute atomic E-state index is 13.1. The molecule has 2 heterocycles. The standard InChI is InChI=1S/C22H22N4O5S/c1-24(2)9-4-10-25(21(27)8-7-15-5-3-6-16(11-15)26(28)29)22-23-17-12-18-19(31-14-30-18)13-20(17)32-22/h3,5-8,11-13H,4,9-10,14H2,1-2H3. The molecule has 1 aliphatic heterocycles. The predicted octanol–water partition coefficient (Wildman–Crippen LogP) is 3.93. The van der Waals surface area contributed by atoms with Gasteiger partial charge in [0.1, 0.15) is 0 Å². The maximum Gasteiger partial charge on any atom is 0.270 e. The number of nitrogens with zero attached hydrogens (tertiary/aromatic N) is 4. The van der Waals surface area contributed by atoms with E-state index in [0.717, 1.165) is 23.2 Å². The van der Waals surface area contributed by atoms with Gasteiger partial charge in [0.15, 0.2) is 16.6 Å². The lowest BCUT2D eigenvalue weighted by Crippen LogP contribution is -2.32. The van der Waals surface area contributed by atoms with Crippen LogP contribution >= 0.6 is 11.3 Å². The van der Waals surface area contributed by atoms with Crippen LogP contribution in [0.5, 0.6) is 11.5 Å². The maximum atomic E-state index is 13.1. The van der Waals surface area contributed by atoms with Crippen molar-refractivity contribution in [2.24, 2.45) is 0 Å². The molecule has 1 amide bonds. The fraction of sp³-hybridized carbons (Fsp3) is 0.273. The van der Waals surface area contributed by atoms with E-state index in [1.54, 1.807) is 23.1 Å². The van der Waals surface area contributed by atoms with Gasteiger partial charge >= 0.3 is 0 Å². The molecular weight excluding hydrogens is 432 g/mol. The predicted molar refractivity (Wildman–Crippen MR) is 123 cm³/mol. The van der Waals surface area contributed by atoms with Crippen molar-refractivity contribution in [3.8, 4) is 11.5 Å². The summed E-state index contributed by atoms with van der Waals surface area (Å²) in [6.45, 7) is 1.50. The molecule has 32 heavy (non-hydrogen) atoms. The first-order chi connectivity index (χ1) is 15.4. The van der Waals surface area contributed by atoms with Crippen LogP contribution in [0.4, 0.5) is 10.8 Å². The van der Waals surface area contributed by atoms with Crippen LogP contribution in [0, 0.1) is 10.1 Å². The molecule has 0 fully saturated rings. The Morgan fingerprint density at radius 2 is 2.00 bits per heavy atom. The number of fused-ring (bicyclic) bond motifs is 2. The Morgan fingerprint density at radius 1 is 1.22 bits per heavy atom. The summed E-state index contributed by atoms with van der Waals surface area (Å²) in [7, 11) is 3.96. The Hall–Kier alpha value is -3.50. The molecule has 10 heteroatoms. The van der Waals surface area contributed by atoms with E-state index in [4.69, 9.17) is 9.47 Å². The van der Waals surface area contributed by atoms with Gasteiger partial charge in [-0.15, -0.1) is 0 Å². The van der Waals surface area contributed by atoms with Crippen molar-refractivity contribution in [2.75, 3.05) is 38.9 Å². The fourth-order valence-corrected chi connectivity index (χ4v) is 4.27. The highest BCUT2D eigenvalue weighted by atomic mass is 32.1. The lowest BCUT2D eigenvalue weighted by molar-refractivity contribution is -0.384. The van der Waals surface area contributed by atoms with Crippen molar-refractivity contribution in [3.05, 3.63) is 58.2 Å². The largest absolute Gasteiger partial charge is 0.454 e. The molecule has 0 atom stereocenters. The van der Waals surface area contributed by atoms with Gasteiger partial charge in [-0.05, 0) is 38.7 Å². The van der Waals surface area contributed by atoms with Crippen LogP contribution in [0.3, 0.4) is 0 Å². The molecule has 3 aromatic rings. The number of benzene rings is 2. The average molecular weight is 455 g/mol. The topological polar surface area (TPSA) is 98.0 Å². The van der Waals surface area contributed by atoms with Crippen LogP contribution in [-0.4, -0.2) is 54.7 Å². The first kappa shape index (κ1) is 21.7. The van der Waals surface area contributed by atoms with E-state index in [1.807, 2.05) is 26.2 Å². The number of rotatable bonds is 8. The Bertz CT molecular complexity index is 1150. The van der Waals surface area contributed by atoms with Gasteiger partial charge in [-0.25, -0.2) is 4.98 Å². The number of hydrogen-bond donors (Lipinski definition) is 0. The molecule has 0 unspecified atom stereocenters. The van der Waals surface area contributed by atoms with Gasteiger partial charge in [0.25, 0.3) is 11.6 Å². The zero-order valence-corrected chi connectivity index (χ0v) is 18.5. The van der Waals surface area contributed by atoms with E-state index >= 15 is 0 Å². The third-order valence-electron chi connectivity index (χ3n) is 4.85. The lowest BCUT2D eigenvalue weighted by Gasteiger charge is -2.19.